The molecule has 0 saturated heterocycles. The number of rotatable bonds is 5. The lowest BCUT2D eigenvalue weighted by atomic mass is 9.80. The van der Waals surface area contributed by atoms with Crippen LogP contribution in [0.1, 0.15) is 44.2 Å². The van der Waals surface area contributed by atoms with E-state index in [-0.39, 0.29) is 24.0 Å². The maximum absolute atomic E-state index is 10.0. The number of hydrogen-bond donors (Lipinski definition) is 3. The van der Waals surface area contributed by atoms with Crippen molar-refractivity contribution in [3.8, 4) is 0 Å². The highest BCUT2D eigenvalue weighted by atomic mass is 127. The second kappa shape index (κ2) is 7.98. The van der Waals surface area contributed by atoms with Crippen molar-refractivity contribution in [2.75, 3.05) is 11.9 Å². The van der Waals surface area contributed by atoms with Crippen LogP contribution in [0, 0.1) is 0 Å². The molecule has 0 aromatic heterocycles. The summed E-state index contributed by atoms with van der Waals surface area (Å²) in [5.74, 6) is 0.390. The molecule has 0 spiro atoms. The molecule has 0 unspecified atom stereocenters. The molecule has 0 heterocycles. The van der Waals surface area contributed by atoms with E-state index in [1.54, 1.807) is 0 Å². The van der Waals surface area contributed by atoms with Crippen LogP contribution in [0.2, 0.25) is 0 Å². The van der Waals surface area contributed by atoms with Crippen molar-refractivity contribution in [3.05, 3.63) is 29.3 Å². The highest BCUT2D eigenvalue weighted by molar-refractivity contribution is 14.0. The lowest BCUT2D eigenvalue weighted by Crippen LogP contribution is -2.41. The molecule has 0 amide bonds. The summed E-state index contributed by atoms with van der Waals surface area (Å²) < 4.78 is 0. The number of hydrogen-bond acceptors (Lipinski definition) is 2. The highest BCUT2D eigenvalue weighted by Gasteiger charge is 2.33. The fourth-order valence-corrected chi connectivity index (χ4v) is 2.55. The molecular weight excluding hydrogens is 377 g/mol. The quantitative estimate of drug-likeness (QED) is 0.402. The Morgan fingerprint density at radius 1 is 1.29 bits per heavy atom. The predicted molar refractivity (Wildman–Crippen MR) is 99.5 cm³/mol. The Kier molecular flexibility index (Phi) is 6.93. The van der Waals surface area contributed by atoms with Gasteiger partial charge in [0.2, 0.25) is 0 Å². The van der Waals surface area contributed by atoms with Gasteiger partial charge in [-0.2, -0.15) is 0 Å². The molecule has 1 aromatic carbocycles. The minimum absolute atomic E-state index is 0. The Morgan fingerprint density at radius 2 is 1.86 bits per heavy atom. The van der Waals surface area contributed by atoms with Crippen molar-refractivity contribution in [2.45, 2.75) is 51.6 Å². The molecule has 1 aliphatic carbocycles. The maximum atomic E-state index is 10.0. The van der Waals surface area contributed by atoms with Gasteiger partial charge in [-0.3, -0.25) is 4.99 Å². The van der Waals surface area contributed by atoms with Gasteiger partial charge in [-0.25, -0.2) is 0 Å². The molecule has 1 saturated carbocycles. The Balaban J connectivity index is 0.00000220. The van der Waals surface area contributed by atoms with Gasteiger partial charge in [0.25, 0.3) is 0 Å². The van der Waals surface area contributed by atoms with Gasteiger partial charge in [-0.1, -0.05) is 32.0 Å². The summed E-state index contributed by atoms with van der Waals surface area (Å²) in [5.41, 5.74) is 8.90. The standard InChI is InChI=1S/C16H25N3O.HI/c1-3-12-7-5-8-13(4-2)14(12)19-15(17)18-11-16(20)9-6-10-16;/h5,7-8,20H,3-4,6,9-11H2,1-2H3,(H3,17,18,19);1H. The van der Waals surface area contributed by atoms with E-state index in [1.807, 2.05) is 0 Å². The van der Waals surface area contributed by atoms with E-state index in [4.69, 9.17) is 5.73 Å². The minimum Gasteiger partial charge on any atom is -0.388 e. The smallest absolute Gasteiger partial charge is 0.193 e. The van der Waals surface area contributed by atoms with E-state index in [1.165, 1.54) is 11.1 Å². The molecule has 21 heavy (non-hydrogen) atoms. The summed E-state index contributed by atoms with van der Waals surface area (Å²) in [4.78, 5) is 4.30. The van der Waals surface area contributed by atoms with E-state index < -0.39 is 5.60 Å². The summed E-state index contributed by atoms with van der Waals surface area (Å²) in [6.45, 7) is 4.65. The average Bonchev–Trinajstić information content (AvgIpc) is 2.43. The number of nitrogens with one attached hydrogen (secondary N) is 1. The zero-order valence-corrected chi connectivity index (χ0v) is 15.2. The lowest BCUT2D eigenvalue weighted by Gasteiger charge is -2.35. The fourth-order valence-electron chi connectivity index (χ4n) is 2.55. The van der Waals surface area contributed by atoms with Crippen LogP contribution in [0.25, 0.3) is 0 Å². The number of para-hydroxylation sites is 1. The molecule has 118 valence electrons. The predicted octanol–water partition coefficient (Wildman–Crippen LogP) is 3.07. The number of anilines is 1. The maximum Gasteiger partial charge on any atom is 0.193 e. The number of nitrogens with zero attached hydrogens (tertiary/aromatic N) is 1. The van der Waals surface area contributed by atoms with Crippen LogP contribution in [0.5, 0.6) is 0 Å². The van der Waals surface area contributed by atoms with Crippen LogP contribution in [-0.4, -0.2) is 23.2 Å². The molecule has 5 heteroatoms. The van der Waals surface area contributed by atoms with Crippen molar-refractivity contribution in [1.29, 1.82) is 0 Å². The summed E-state index contributed by atoms with van der Waals surface area (Å²) in [6.07, 6.45) is 4.64. The fraction of sp³-hybridized carbons (Fsp3) is 0.562. The number of aliphatic hydroxyl groups is 1. The number of aliphatic imine (C=N–C) groups is 1. The molecule has 0 atom stereocenters. The van der Waals surface area contributed by atoms with Crippen molar-refractivity contribution in [1.82, 2.24) is 0 Å². The van der Waals surface area contributed by atoms with E-state index in [0.29, 0.717) is 12.5 Å². The molecule has 0 radical (unpaired) electrons. The number of nitrogens with two attached hydrogens (primary N) is 1. The number of halogens is 1. The first kappa shape index (κ1) is 18.2. The summed E-state index contributed by atoms with van der Waals surface area (Å²) in [5, 5.41) is 13.3. The molecule has 0 aliphatic heterocycles. The Bertz CT molecular complexity index is 476. The van der Waals surface area contributed by atoms with Gasteiger partial charge in [-0.15, -0.1) is 24.0 Å². The lowest BCUT2D eigenvalue weighted by molar-refractivity contribution is -0.0235. The molecular formula is C16H26IN3O. The first-order chi connectivity index (χ1) is 9.58. The van der Waals surface area contributed by atoms with E-state index in [0.717, 1.165) is 37.8 Å². The van der Waals surface area contributed by atoms with Crippen LogP contribution in [-0.2, 0) is 12.8 Å². The number of aryl methyl sites for hydroxylation is 2. The average molecular weight is 403 g/mol. The van der Waals surface area contributed by atoms with Crippen molar-refractivity contribution in [2.24, 2.45) is 10.7 Å². The van der Waals surface area contributed by atoms with Gasteiger partial charge >= 0.3 is 0 Å². The monoisotopic (exact) mass is 403 g/mol. The molecule has 1 aliphatic rings. The molecule has 2 rings (SSSR count). The summed E-state index contributed by atoms with van der Waals surface area (Å²) >= 11 is 0. The van der Waals surface area contributed by atoms with Crippen LogP contribution in [0.3, 0.4) is 0 Å². The first-order valence-corrected chi connectivity index (χ1v) is 7.48. The molecule has 1 aromatic rings. The van der Waals surface area contributed by atoms with Crippen LogP contribution in [0.4, 0.5) is 5.69 Å². The van der Waals surface area contributed by atoms with Gasteiger partial charge in [-0.05, 0) is 43.2 Å². The van der Waals surface area contributed by atoms with Gasteiger partial charge in [0.15, 0.2) is 5.96 Å². The van der Waals surface area contributed by atoms with Gasteiger partial charge in [0.05, 0.1) is 12.1 Å². The molecule has 4 N–H and O–H groups in total. The van der Waals surface area contributed by atoms with Crippen molar-refractivity contribution >= 4 is 35.6 Å². The third kappa shape index (κ3) is 4.57. The SMILES string of the molecule is CCc1cccc(CC)c1NC(N)=NCC1(O)CCC1.I. The largest absolute Gasteiger partial charge is 0.388 e. The second-order valence-electron chi connectivity index (χ2n) is 5.56. The topological polar surface area (TPSA) is 70.6 Å². The zero-order valence-electron chi connectivity index (χ0n) is 12.9. The third-order valence-corrected chi connectivity index (χ3v) is 4.08. The Labute approximate surface area is 144 Å². The number of guanidine groups is 1. The molecule has 0 bridgehead atoms. The van der Waals surface area contributed by atoms with Crippen LogP contribution >= 0.6 is 24.0 Å². The van der Waals surface area contributed by atoms with E-state index in [2.05, 4.69) is 42.4 Å². The third-order valence-electron chi connectivity index (χ3n) is 4.08. The first-order valence-electron chi connectivity index (χ1n) is 7.48. The van der Waals surface area contributed by atoms with Crippen molar-refractivity contribution in [3.63, 3.8) is 0 Å². The van der Waals surface area contributed by atoms with Crippen LogP contribution < -0.4 is 11.1 Å². The Morgan fingerprint density at radius 3 is 2.29 bits per heavy atom. The minimum atomic E-state index is -0.621. The summed E-state index contributed by atoms with van der Waals surface area (Å²) in [7, 11) is 0. The van der Waals surface area contributed by atoms with Gasteiger partial charge in [0, 0.05) is 5.69 Å². The highest BCUT2D eigenvalue weighted by Crippen LogP contribution is 2.31. The zero-order chi connectivity index (χ0) is 14.6. The number of benzene rings is 1. The van der Waals surface area contributed by atoms with Crippen LogP contribution in [0.15, 0.2) is 23.2 Å². The van der Waals surface area contributed by atoms with Gasteiger partial charge in [0.1, 0.15) is 0 Å². The van der Waals surface area contributed by atoms with E-state index in [9.17, 15) is 5.11 Å². The summed E-state index contributed by atoms with van der Waals surface area (Å²) in [6, 6.07) is 6.29. The second-order valence-corrected chi connectivity index (χ2v) is 5.56. The van der Waals surface area contributed by atoms with E-state index >= 15 is 0 Å². The molecule has 4 nitrogen and oxygen atoms in total. The molecule has 1 fully saturated rings. The Hall–Kier alpha value is -0.820. The van der Waals surface area contributed by atoms with Gasteiger partial charge < -0.3 is 16.2 Å². The normalized spacial score (nSPS) is 16.8. The van der Waals surface area contributed by atoms with Crippen molar-refractivity contribution < 1.29 is 5.11 Å².